The predicted molar refractivity (Wildman–Crippen MR) is 217 cm³/mol. The van der Waals surface area contributed by atoms with Gasteiger partial charge in [-0.05, 0) is 60.2 Å². The van der Waals surface area contributed by atoms with Crippen molar-refractivity contribution in [2.45, 2.75) is 210 Å². The molecule has 0 bridgehead atoms. The standard InChI is InChI=1S/C45H92O5/c1-36(2)17-11-19-38(5)21-13-23-40(7)25-15-27-42(9)29-31-48-34-44(35-50-45(47)33-46)49-32-30-43(10)28-16-26-41(8)24-14-22-39(6)20-12-18-37(3)4/h36-47H,11-35H2,1-10H3/t38?,39?,40?,41?,42?,43?,44?,45-/m0/s1. The van der Waals surface area contributed by atoms with Crippen LogP contribution < -0.4 is 0 Å². The number of hydrogen-bond donors (Lipinski definition) is 2. The van der Waals surface area contributed by atoms with Gasteiger partial charge < -0.3 is 24.4 Å². The highest BCUT2D eigenvalue weighted by molar-refractivity contribution is 4.64. The van der Waals surface area contributed by atoms with E-state index in [-0.39, 0.29) is 12.7 Å². The predicted octanol–water partition coefficient (Wildman–Crippen LogP) is 12.6. The van der Waals surface area contributed by atoms with Crippen molar-refractivity contribution in [3.05, 3.63) is 0 Å². The highest BCUT2D eigenvalue weighted by atomic mass is 16.6. The van der Waals surface area contributed by atoms with E-state index in [1.165, 1.54) is 116 Å². The lowest BCUT2D eigenvalue weighted by molar-refractivity contribution is -0.157. The normalized spacial score (nSPS) is 17.2. The molecule has 0 spiro atoms. The molecule has 0 aliphatic heterocycles. The molecule has 5 heteroatoms. The van der Waals surface area contributed by atoms with Crippen LogP contribution in [0.2, 0.25) is 0 Å². The number of aliphatic hydroxyl groups is 2. The van der Waals surface area contributed by atoms with Gasteiger partial charge in [0.25, 0.3) is 0 Å². The van der Waals surface area contributed by atoms with Crippen molar-refractivity contribution in [1.29, 1.82) is 0 Å². The molecule has 0 aliphatic carbocycles. The third kappa shape index (κ3) is 33.6. The summed E-state index contributed by atoms with van der Waals surface area (Å²) in [5.74, 6) is 6.35. The van der Waals surface area contributed by atoms with Crippen LogP contribution in [0.3, 0.4) is 0 Å². The molecule has 0 radical (unpaired) electrons. The van der Waals surface area contributed by atoms with Crippen molar-refractivity contribution in [3.8, 4) is 0 Å². The first-order valence-electron chi connectivity index (χ1n) is 21.9. The zero-order valence-electron chi connectivity index (χ0n) is 35.6. The second-order valence-corrected chi connectivity index (χ2v) is 18.1. The Hall–Kier alpha value is -0.200. The molecule has 0 fully saturated rings. The van der Waals surface area contributed by atoms with Gasteiger partial charge in [0.05, 0.1) is 19.8 Å². The van der Waals surface area contributed by atoms with Gasteiger partial charge in [-0.2, -0.15) is 0 Å². The molecule has 7 unspecified atom stereocenters. The van der Waals surface area contributed by atoms with Gasteiger partial charge in [-0.15, -0.1) is 0 Å². The van der Waals surface area contributed by atoms with Crippen molar-refractivity contribution in [1.82, 2.24) is 0 Å². The molecule has 8 atom stereocenters. The third-order valence-corrected chi connectivity index (χ3v) is 11.2. The molecule has 302 valence electrons. The molecule has 0 heterocycles. The number of hydrogen-bond acceptors (Lipinski definition) is 5. The lowest BCUT2D eigenvalue weighted by Gasteiger charge is -2.21. The summed E-state index contributed by atoms with van der Waals surface area (Å²) in [6.07, 6.45) is 25.0. The van der Waals surface area contributed by atoms with E-state index in [4.69, 9.17) is 14.2 Å². The summed E-state index contributed by atoms with van der Waals surface area (Å²) in [6.45, 7) is 25.4. The molecule has 0 aliphatic rings. The molecule has 0 saturated heterocycles. The van der Waals surface area contributed by atoms with E-state index < -0.39 is 12.9 Å². The molecule has 0 amide bonds. The van der Waals surface area contributed by atoms with Gasteiger partial charge >= 0.3 is 0 Å². The van der Waals surface area contributed by atoms with Gasteiger partial charge in [0.1, 0.15) is 6.10 Å². The molecule has 0 saturated carbocycles. The van der Waals surface area contributed by atoms with Crippen LogP contribution in [0.25, 0.3) is 0 Å². The topological polar surface area (TPSA) is 68.2 Å². The van der Waals surface area contributed by atoms with E-state index in [2.05, 4.69) is 69.2 Å². The minimum absolute atomic E-state index is 0.230. The van der Waals surface area contributed by atoms with Gasteiger partial charge in [0, 0.05) is 13.2 Å². The Kier molecular flexibility index (Phi) is 33.2. The first kappa shape index (κ1) is 49.8. The van der Waals surface area contributed by atoms with Crippen molar-refractivity contribution in [2.24, 2.45) is 47.3 Å². The summed E-state index contributed by atoms with van der Waals surface area (Å²) in [6, 6.07) is 0. The average Bonchev–Trinajstić information content (AvgIpc) is 3.04. The summed E-state index contributed by atoms with van der Waals surface area (Å²) in [5.41, 5.74) is 0. The van der Waals surface area contributed by atoms with Crippen LogP contribution in [-0.4, -0.2) is 55.6 Å². The first-order valence-corrected chi connectivity index (χ1v) is 21.9. The first-order chi connectivity index (χ1) is 23.8. The highest BCUT2D eigenvalue weighted by Gasteiger charge is 2.15. The quantitative estimate of drug-likeness (QED) is 0.0496. The van der Waals surface area contributed by atoms with E-state index >= 15 is 0 Å². The summed E-state index contributed by atoms with van der Waals surface area (Å²) >= 11 is 0. The van der Waals surface area contributed by atoms with Crippen LogP contribution in [0.15, 0.2) is 0 Å². The molecule has 2 N–H and O–H groups in total. The van der Waals surface area contributed by atoms with Crippen LogP contribution >= 0.6 is 0 Å². The van der Waals surface area contributed by atoms with E-state index in [1.807, 2.05) is 0 Å². The molecule has 5 nitrogen and oxygen atoms in total. The number of rotatable bonds is 37. The SMILES string of the molecule is CC(C)CCCC(C)CCCC(C)CCCC(C)CCOCC(CO[C@H](O)CO)OCCC(C)CCCC(C)CCCC(C)CCCC(C)C. The van der Waals surface area contributed by atoms with Crippen molar-refractivity contribution >= 4 is 0 Å². The summed E-state index contributed by atoms with van der Waals surface area (Å²) in [5, 5.41) is 18.9. The summed E-state index contributed by atoms with van der Waals surface area (Å²) in [7, 11) is 0. The Morgan fingerprint density at radius 2 is 0.700 bits per heavy atom. The second-order valence-electron chi connectivity index (χ2n) is 18.1. The van der Waals surface area contributed by atoms with E-state index in [0.717, 1.165) is 55.0 Å². The number of ether oxygens (including phenoxy) is 3. The fourth-order valence-corrected chi connectivity index (χ4v) is 7.22. The lowest BCUT2D eigenvalue weighted by atomic mass is 9.91. The van der Waals surface area contributed by atoms with Gasteiger partial charge in [-0.25, -0.2) is 0 Å². The Labute approximate surface area is 314 Å². The largest absolute Gasteiger partial charge is 0.391 e. The minimum atomic E-state index is -1.17. The monoisotopic (exact) mass is 713 g/mol. The Morgan fingerprint density at radius 3 is 1.04 bits per heavy atom. The molecule has 0 aromatic carbocycles. The van der Waals surface area contributed by atoms with Gasteiger partial charge in [0.2, 0.25) is 0 Å². The maximum atomic E-state index is 9.71. The molecule has 0 aromatic rings. The maximum Gasteiger partial charge on any atom is 0.178 e. The van der Waals surface area contributed by atoms with E-state index in [1.54, 1.807) is 0 Å². The van der Waals surface area contributed by atoms with E-state index in [9.17, 15) is 10.2 Å². The maximum absolute atomic E-state index is 9.71. The lowest BCUT2D eigenvalue weighted by Crippen LogP contribution is -2.30. The van der Waals surface area contributed by atoms with Crippen LogP contribution in [0.1, 0.15) is 198 Å². The molecule has 50 heavy (non-hydrogen) atoms. The average molecular weight is 713 g/mol. The van der Waals surface area contributed by atoms with Crippen LogP contribution in [-0.2, 0) is 14.2 Å². The van der Waals surface area contributed by atoms with Crippen LogP contribution in [0.4, 0.5) is 0 Å². The molecular formula is C45H92O5. The van der Waals surface area contributed by atoms with Crippen molar-refractivity contribution in [2.75, 3.05) is 33.0 Å². The Bertz CT molecular complexity index is 699. The Balaban J connectivity index is 4.13. The Morgan fingerprint density at radius 1 is 0.380 bits per heavy atom. The molecule has 0 rings (SSSR count). The zero-order valence-corrected chi connectivity index (χ0v) is 35.6. The van der Waals surface area contributed by atoms with E-state index in [0.29, 0.717) is 25.0 Å². The van der Waals surface area contributed by atoms with Crippen molar-refractivity contribution < 1.29 is 24.4 Å². The fraction of sp³-hybridized carbons (Fsp3) is 1.00. The summed E-state index contributed by atoms with van der Waals surface area (Å²) < 4.78 is 17.6. The fourth-order valence-electron chi connectivity index (χ4n) is 7.22. The molecule has 0 aromatic heterocycles. The second kappa shape index (κ2) is 33.4. The van der Waals surface area contributed by atoms with Gasteiger partial charge in [-0.3, -0.25) is 0 Å². The summed E-state index contributed by atoms with van der Waals surface area (Å²) in [4.78, 5) is 0. The number of aliphatic hydroxyl groups excluding tert-OH is 2. The zero-order chi connectivity index (χ0) is 37.6. The van der Waals surface area contributed by atoms with Crippen molar-refractivity contribution in [3.63, 3.8) is 0 Å². The van der Waals surface area contributed by atoms with Crippen LogP contribution in [0, 0.1) is 47.3 Å². The highest BCUT2D eigenvalue weighted by Crippen LogP contribution is 2.24. The van der Waals surface area contributed by atoms with Gasteiger partial charge in [0.15, 0.2) is 6.29 Å². The third-order valence-electron chi connectivity index (χ3n) is 11.2. The van der Waals surface area contributed by atoms with Gasteiger partial charge in [-0.1, -0.05) is 185 Å². The smallest absolute Gasteiger partial charge is 0.178 e. The van der Waals surface area contributed by atoms with Crippen LogP contribution in [0.5, 0.6) is 0 Å². The minimum Gasteiger partial charge on any atom is -0.391 e. The molecular weight excluding hydrogens is 620 g/mol.